The van der Waals surface area contributed by atoms with Gasteiger partial charge in [0, 0.05) is 29.7 Å². The van der Waals surface area contributed by atoms with Crippen molar-refractivity contribution in [1.29, 1.82) is 0 Å². The fourth-order valence-corrected chi connectivity index (χ4v) is 4.40. The number of aromatic nitrogens is 1. The highest BCUT2D eigenvalue weighted by Gasteiger charge is 2.35. The molecular weight excluding hydrogens is 363 g/mol. The van der Waals surface area contributed by atoms with Gasteiger partial charge in [-0.05, 0) is 31.7 Å². The second kappa shape index (κ2) is 7.20. The summed E-state index contributed by atoms with van der Waals surface area (Å²) in [5.74, 6) is -1.75. The van der Waals surface area contributed by atoms with Crippen LogP contribution in [0.4, 0.5) is 10.1 Å². The number of anilines is 1. The van der Waals surface area contributed by atoms with Crippen LogP contribution in [0, 0.1) is 5.82 Å². The van der Waals surface area contributed by atoms with E-state index in [4.69, 9.17) is 4.74 Å². The summed E-state index contributed by atoms with van der Waals surface area (Å²) in [6, 6.07) is 1.54. The molecule has 150 valence electrons. The van der Waals surface area contributed by atoms with Gasteiger partial charge in [0.15, 0.2) is 0 Å². The van der Waals surface area contributed by atoms with Crippen LogP contribution >= 0.6 is 0 Å². The molecule has 0 radical (unpaired) electrons. The van der Waals surface area contributed by atoms with Crippen LogP contribution in [0.25, 0.3) is 10.9 Å². The molecule has 1 aliphatic carbocycles. The fraction of sp³-hybridized carbons (Fsp3) is 0.524. The van der Waals surface area contributed by atoms with Crippen molar-refractivity contribution in [3.8, 4) is 0 Å². The van der Waals surface area contributed by atoms with Crippen LogP contribution in [0.2, 0.25) is 0 Å². The van der Waals surface area contributed by atoms with Gasteiger partial charge in [-0.25, -0.2) is 9.18 Å². The van der Waals surface area contributed by atoms with Gasteiger partial charge in [0.05, 0.1) is 30.5 Å². The van der Waals surface area contributed by atoms with Crippen LogP contribution in [-0.4, -0.2) is 34.8 Å². The van der Waals surface area contributed by atoms with E-state index in [0.29, 0.717) is 23.4 Å². The van der Waals surface area contributed by atoms with Crippen LogP contribution < -0.4 is 10.3 Å². The molecule has 0 unspecified atom stereocenters. The van der Waals surface area contributed by atoms with Crippen molar-refractivity contribution in [2.75, 3.05) is 18.1 Å². The maximum atomic E-state index is 15.1. The summed E-state index contributed by atoms with van der Waals surface area (Å²) in [6.45, 7) is 5.54. The Bertz CT molecular complexity index is 996. The van der Waals surface area contributed by atoms with Crippen LogP contribution in [-0.2, 0) is 11.3 Å². The predicted octanol–water partition coefficient (Wildman–Crippen LogP) is 3.70. The smallest absolute Gasteiger partial charge is 0.341 e. The second-order valence-electron chi connectivity index (χ2n) is 7.40. The van der Waals surface area contributed by atoms with E-state index in [9.17, 15) is 14.7 Å². The maximum absolute atomic E-state index is 15.1. The van der Waals surface area contributed by atoms with Crippen molar-refractivity contribution in [2.24, 2.45) is 0 Å². The summed E-state index contributed by atoms with van der Waals surface area (Å²) >= 11 is 0. The van der Waals surface area contributed by atoms with Crippen molar-refractivity contribution in [3.05, 3.63) is 39.4 Å². The van der Waals surface area contributed by atoms with Crippen molar-refractivity contribution in [3.63, 3.8) is 0 Å². The van der Waals surface area contributed by atoms with Crippen molar-refractivity contribution in [1.82, 2.24) is 4.57 Å². The molecule has 1 aromatic carbocycles. The molecule has 1 saturated carbocycles. The van der Waals surface area contributed by atoms with E-state index < -0.39 is 17.2 Å². The Morgan fingerprint density at radius 3 is 2.68 bits per heavy atom. The Labute approximate surface area is 162 Å². The number of benzene rings is 1. The van der Waals surface area contributed by atoms with E-state index in [1.807, 2.05) is 18.4 Å². The number of nitrogens with zero attached hydrogens (tertiary/aromatic N) is 2. The molecule has 28 heavy (non-hydrogen) atoms. The lowest BCUT2D eigenvalue weighted by molar-refractivity contribution is 0.0695. The van der Waals surface area contributed by atoms with Crippen molar-refractivity contribution >= 4 is 22.6 Å². The SMILES string of the molecule is CC.O=C(O)c1cn(C2CC2)c2c3c(c(F)cc2c1=O)N1CCC[C@H]1COC3. The number of carboxylic acids is 1. The van der Waals surface area contributed by atoms with E-state index in [-0.39, 0.29) is 29.6 Å². The normalized spacial score (nSPS) is 20.8. The summed E-state index contributed by atoms with van der Waals surface area (Å²) in [7, 11) is 0. The summed E-state index contributed by atoms with van der Waals surface area (Å²) in [6.07, 6.45) is 5.23. The number of halogens is 1. The molecule has 0 amide bonds. The number of carbonyl (C=O) groups is 1. The molecule has 1 saturated heterocycles. The van der Waals surface area contributed by atoms with Gasteiger partial charge in [-0.1, -0.05) is 13.8 Å². The van der Waals surface area contributed by atoms with E-state index in [0.717, 1.165) is 32.2 Å². The van der Waals surface area contributed by atoms with Crippen molar-refractivity contribution < 1.29 is 19.0 Å². The maximum Gasteiger partial charge on any atom is 0.341 e. The zero-order valence-electron chi connectivity index (χ0n) is 16.2. The van der Waals surface area contributed by atoms with Gasteiger partial charge in [-0.15, -0.1) is 0 Å². The quantitative estimate of drug-likeness (QED) is 0.849. The third-order valence-corrected chi connectivity index (χ3v) is 5.73. The molecule has 3 heterocycles. The highest BCUT2D eigenvalue weighted by atomic mass is 19.1. The molecule has 0 spiro atoms. The first-order valence-electron chi connectivity index (χ1n) is 10.0. The molecule has 1 N–H and O–H groups in total. The Hall–Kier alpha value is -2.41. The molecule has 6 nitrogen and oxygen atoms in total. The van der Waals surface area contributed by atoms with Gasteiger partial charge in [-0.3, -0.25) is 4.79 Å². The molecular formula is C21H25FN2O4. The summed E-state index contributed by atoms with van der Waals surface area (Å²) in [5, 5.41) is 9.52. The third kappa shape index (κ3) is 2.89. The summed E-state index contributed by atoms with van der Waals surface area (Å²) < 4.78 is 22.8. The Morgan fingerprint density at radius 1 is 1.25 bits per heavy atom. The van der Waals surface area contributed by atoms with Crippen LogP contribution in [0.15, 0.2) is 17.1 Å². The molecule has 5 rings (SSSR count). The number of carboxylic acid groups (broad SMARTS) is 1. The van der Waals surface area contributed by atoms with Gasteiger partial charge in [0.25, 0.3) is 0 Å². The first-order chi connectivity index (χ1) is 13.6. The highest BCUT2D eigenvalue weighted by molar-refractivity contribution is 5.95. The number of ether oxygens (including phenoxy) is 1. The predicted molar refractivity (Wildman–Crippen MR) is 105 cm³/mol. The average molecular weight is 388 g/mol. The number of pyridine rings is 1. The Morgan fingerprint density at radius 2 is 2.00 bits per heavy atom. The minimum absolute atomic E-state index is 0.134. The molecule has 7 heteroatoms. The lowest BCUT2D eigenvalue weighted by Crippen LogP contribution is -2.32. The number of hydrogen-bond acceptors (Lipinski definition) is 4. The second-order valence-corrected chi connectivity index (χ2v) is 7.40. The van der Waals surface area contributed by atoms with Gasteiger partial charge >= 0.3 is 5.97 Å². The van der Waals surface area contributed by atoms with Crippen LogP contribution in [0.1, 0.15) is 61.5 Å². The monoisotopic (exact) mass is 388 g/mol. The molecule has 2 fully saturated rings. The van der Waals surface area contributed by atoms with Crippen LogP contribution in [0.5, 0.6) is 0 Å². The zero-order valence-corrected chi connectivity index (χ0v) is 16.2. The Kier molecular flexibility index (Phi) is 4.87. The minimum Gasteiger partial charge on any atom is -0.477 e. The van der Waals surface area contributed by atoms with Crippen LogP contribution in [0.3, 0.4) is 0 Å². The number of aromatic carboxylic acids is 1. The number of hydrogen-bond donors (Lipinski definition) is 1. The molecule has 1 atom stereocenters. The fourth-order valence-electron chi connectivity index (χ4n) is 4.40. The molecule has 0 bridgehead atoms. The first-order valence-corrected chi connectivity index (χ1v) is 10.0. The largest absolute Gasteiger partial charge is 0.477 e. The van der Waals surface area contributed by atoms with Crippen molar-refractivity contribution in [2.45, 2.75) is 58.2 Å². The van der Waals surface area contributed by atoms with E-state index in [1.54, 1.807) is 0 Å². The lowest BCUT2D eigenvalue weighted by Gasteiger charge is -2.27. The topological polar surface area (TPSA) is 71.8 Å². The van der Waals surface area contributed by atoms with E-state index >= 15 is 4.39 Å². The first kappa shape index (κ1) is 18.9. The van der Waals surface area contributed by atoms with E-state index in [1.165, 1.54) is 12.3 Å². The molecule has 3 aliphatic rings. The lowest BCUT2D eigenvalue weighted by atomic mass is 10.0. The molecule has 2 aliphatic heterocycles. The average Bonchev–Trinajstić information content (AvgIpc) is 3.46. The van der Waals surface area contributed by atoms with Gasteiger partial charge in [0.2, 0.25) is 5.43 Å². The van der Waals surface area contributed by atoms with Gasteiger partial charge in [0.1, 0.15) is 11.4 Å². The zero-order chi connectivity index (χ0) is 20.0. The Balaban J connectivity index is 0.000000932. The molecule has 1 aromatic heterocycles. The van der Waals surface area contributed by atoms with Gasteiger partial charge < -0.3 is 19.3 Å². The number of fused-ring (bicyclic) bond motifs is 5. The highest BCUT2D eigenvalue weighted by Crippen LogP contribution is 2.42. The molecule has 2 aromatic rings. The summed E-state index contributed by atoms with van der Waals surface area (Å²) in [5.41, 5.74) is 0.886. The van der Waals surface area contributed by atoms with Gasteiger partial charge in [-0.2, -0.15) is 0 Å². The third-order valence-electron chi connectivity index (χ3n) is 5.73. The minimum atomic E-state index is -1.28. The number of rotatable bonds is 2. The van der Waals surface area contributed by atoms with E-state index in [2.05, 4.69) is 4.90 Å². The standard InChI is InChI=1S/C19H19FN2O4.C2H6/c20-15-6-12-16(14-9-26-8-11-2-1-5-21(11)17(14)15)22(10-3-4-10)7-13(18(12)23)19(24)25;1-2/h6-7,10-11H,1-5,8-9H2,(H,24,25);1-2H3/t11-;/m0./s1. The summed E-state index contributed by atoms with van der Waals surface area (Å²) in [4.78, 5) is 26.3.